The molecular formula is C25H23F2N3O5. The van der Waals surface area contributed by atoms with E-state index in [-0.39, 0.29) is 11.3 Å². The Morgan fingerprint density at radius 1 is 1.09 bits per heavy atom. The molecule has 8 nitrogen and oxygen atoms in total. The minimum Gasteiger partial charge on any atom is -0.493 e. The highest BCUT2D eigenvalue weighted by atomic mass is 19.1. The second-order valence-corrected chi connectivity index (χ2v) is 7.63. The Morgan fingerprint density at radius 2 is 1.89 bits per heavy atom. The zero-order valence-electron chi connectivity index (χ0n) is 19.1. The van der Waals surface area contributed by atoms with E-state index in [1.54, 1.807) is 37.4 Å². The Kier molecular flexibility index (Phi) is 6.92. The number of dihydropyridines is 1. The maximum Gasteiger partial charge on any atom is 0.261 e. The lowest BCUT2D eigenvalue weighted by Crippen LogP contribution is -2.45. The molecule has 0 radical (unpaired) electrons. The highest BCUT2D eigenvalue weighted by Crippen LogP contribution is 2.43. The van der Waals surface area contributed by atoms with Gasteiger partial charge in [0, 0.05) is 35.9 Å². The number of methoxy groups -OCH3 is 2. The minimum absolute atomic E-state index is 0.0360. The average Bonchev–Trinajstić information content (AvgIpc) is 2.84. The van der Waals surface area contributed by atoms with Crippen molar-refractivity contribution in [2.75, 3.05) is 34.0 Å². The summed E-state index contributed by atoms with van der Waals surface area (Å²) < 4.78 is 52.7. The first kappa shape index (κ1) is 24.1. The number of fused-ring (bicyclic) bond motifs is 1. The number of primary amides is 1. The number of aromatic nitrogens is 1. The van der Waals surface area contributed by atoms with E-state index in [1.807, 2.05) is 0 Å². The molecule has 1 unspecified atom stereocenters. The molecule has 0 fully saturated rings. The average molecular weight is 483 g/mol. The van der Waals surface area contributed by atoms with Gasteiger partial charge in [-0.3, -0.25) is 14.8 Å². The predicted octanol–water partition coefficient (Wildman–Crippen LogP) is 4.02. The van der Waals surface area contributed by atoms with Crippen molar-refractivity contribution < 1.29 is 32.5 Å². The molecule has 0 saturated heterocycles. The second kappa shape index (κ2) is 10.1. The Morgan fingerprint density at radius 3 is 2.63 bits per heavy atom. The van der Waals surface area contributed by atoms with Crippen LogP contribution < -0.4 is 19.9 Å². The molecule has 1 atom stereocenters. The van der Waals surface area contributed by atoms with Gasteiger partial charge < -0.3 is 24.7 Å². The van der Waals surface area contributed by atoms with Gasteiger partial charge >= 0.3 is 0 Å². The molecule has 3 aromatic rings. The highest BCUT2D eigenvalue weighted by Gasteiger charge is 2.46. The van der Waals surface area contributed by atoms with Gasteiger partial charge in [0.05, 0.1) is 32.0 Å². The summed E-state index contributed by atoms with van der Waals surface area (Å²) in [7, 11) is 3.07. The van der Waals surface area contributed by atoms with Crippen molar-refractivity contribution in [3.63, 3.8) is 0 Å². The molecular weight excluding hydrogens is 460 g/mol. The number of rotatable bonds is 9. The maximum absolute atomic E-state index is 15.5. The third-order valence-corrected chi connectivity index (χ3v) is 5.45. The standard InChI is InChI=1S/C25H23F2N3O5/c1-32-9-10-34-22-12-18-16(11-21(22)33-2)20(7-8-30-18)35-19-6-4-3-5-15(19)23-17(26)13-29-14-25(23,27)24(28)31/h3-8,11-13H,9-10,14H2,1-2H3,(H2,28,31). The molecule has 0 spiro atoms. The second-order valence-electron chi connectivity index (χ2n) is 7.63. The molecule has 2 N–H and O–H groups in total. The van der Waals surface area contributed by atoms with Crippen LogP contribution in [0, 0.1) is 0 Å². The van der Waals surface area contributed by atoms with Gasteiger partial charge in [-0.05, 0) is 18.2 Å². The normalized spacial score (nSPS) is 17.5. The molecule has 4 rings (SSSR count). The SMILES string of the molecule is COCCOc1cc2nccc(Oc3ccccc3C3=C(F)C=NCC3(F)C(N)=O)c2cc1OC. The van der Waals surface area contributed by atoms with Gasteiger partial charge in [0.15, 0.2) is 11.5 Å². The number of nitrogens with zero attached hydrogens (tertiary/aromatic N) is 2. The fourth-order valence-electron chi connectivity index (χ4n) is 3.73. The summed E-state index contributed by atoms with van der Waals surface area (Å²) in [4.78, 5) is 19.9. The van der Waals surface area contributed by atoms with Crippen molar-refractivity contribution in [2.45, 2.75) is 5.67 Å². The number of allylic oxidation sites excluding steroid dienone is 1. The number of benzene rings is 2. The fraction of sp³-hybridized carbons (Fsp3) is 0.240. The molecule has 1 aliphatic heterocycles. The molecule has 0 aliphatic carbocycles. The Bertz CT molecular complexity index is 1330. The van der Waals surface area contributed by atoms with Crippen LogP contribution in [0.2, 0.25) is 0 Å². The topological polar surface area (TPSA) is 105 Å². The molecule has 1 aromatic heterocycles. The van der Waals surface area contributed by atoms with Crippen LogP contribution in [0.1, 0.15) is 5.56 Å². The number of amides is 1. The van der Waals surface area contributed by atoms with Gasteiger partial charge in [0.2, 0.25) is 5.67 Å². The smallest absolute Gasteiger partial charge is 0.261 e. The van der Waals surface area contributed by atoms with Gasteiger partial charge in [0.1, 0.15) is 23.9 Å². The van der Waals surface area contributed by atoms with E-state index in [4.69, 9.17) is 24.7 Å². The summed E-state index contributed by atoms with van der Waals surface area (Å²) in [5.41, 5.74) is 2.51. The molecule has 35 heavy (non-hydrogen) atoms. The summed E-state index contributed by atoms with van der Waals surface area (Å²) in [5, 5.41) is 0.569. The van der Waals surface area contributed by atoms with E-state index in [1.165, 1.54) is 25.4 Å². The van der Waals surface area contributed by atoms with Crippen molar-refractivity contribution in [3.8, 4) is 23.0 Å². The number of hydrogen-bond donors (Lipinski definition) is 1. The zero-order valence-corrected chi connectivity index (χ0v) is 19.1. The van der Waals surface area contributed by atoms with Crippen LogP contribution in [0.5, 0.6) is 23.0 Å². The summed E-state index contributed by atoms with van der Waals surface area (Å²) >= 11 is 0. The maximum atomic E-state index is 15.5. The monoisotopic (exact) mass is 483 g/mol. The van der Waals surface area contributed by atoms with Gasteiger partial charge in [-0.2, -0.15) is 0 Å². The van der Waals surface area contributed by atoms with Gasteiger partial charge in [0.25, 0.3) is 5.91 Å². The largest absolute Gasteiger partial charge is 0.493 e. The molecule has 2 heterocycles. The van der Waals surface area contributed by atoms with Crippen LogP contribution in [-0.2, 0) is 9.53 Å². The number of pyridine rings is 1. The van der Waals surface area contributed by atoms with Crippen LogP contribution in [0.4, 0.5) is 8.78 Å². The van der Waals surface area contributed by atoms with Gasteiger partial charge in [-0.15, -0.1) is 0 Å². The number of carbonyl (C=O) groups excluding carboxylic acids is 1. The van der Waals surface area contributed by atoms with E-state index < -0.39 is 29.5 Å². The van der Waals surface area contributed by atoms with E-state index in [9.17, 15) is 9.18 Å². The van der Waals surface area contributed by atoms with Crippen LogP contribution in [0.3, 0.4) is 0 Å². The summed E-state index contributed by atoms with van der Waals surface area (Å²) in [5.74, 6) is -0.976. The number of nitrogens with two attached hydrogens (primary N) is 1. The lowest BCUT2D eigenvalue weighted by molar-refractivity contribution is -0.125. The number of para-hydroxylation sites is 1. The van der Waals surface area contributed by atoms with Crippen molar-refractivity contribution in [2.24, 2.45) is 10.7 Å². The molecule has 1 aliphatic rings. The lowest BCUT2D eigenvalue weighted by Gasteiger charge is -2.27. The zero-order chi connectivity index (χ0) is 25.0. The fourth-order valence-corrected chi connectivity index (χ4v) is 3.73. The molecule has 10 heteroatoms. The van der Waals surface area contributed by atoms with E-state index in [2.05, 4.69) is 9.98 Å². The van der Waals surface area contributed by atoms with Gasteiger partial charge in [-0.1, -0.05) is 18.2 Å². The predicted molar refractivity (Wildman–Crippen MR) is 127 cm³/mol. The van der Waals surface area contributed by atoms with E-state index in [0.717, 1.165) is 6.21 Å². The Hall–Kier alpha value is -4.05. The Labute approximate surface area is 200 Å². The minimum atomic E-state index is -2.82. The number of carbonyl (C=O) groups is 1. The van der Waals surface area contributed by atoms with Gasteiger partial charge in [-0.25, -0.2) is 8.78 Å². The number of alkyl halides is 1. The molecule has 0 bridgehead atoms. The number of hydrogen-bond acceptors (Lipinski definition) is 7. The molecule has 1 amide bonds. The first-order valence-electron chi connectivity index (χ1n) is 10.6. The first-order valence-corrected chi connectivity index (χ1v) is 10.6. The molecule has 182 valence electrons. The van der Waals surface area contributed by atoms with E-state index in [0.29, 0.717) is 41.4 Å². The first-order chi connectivity index (χ1) is 16.9. The quantitative estimate of drug-likeness (QED) is 0.461. The summed E-state index contributed by atoms with van der Waals surface area (Å²) in [6, 6.07) is 11.2. The van der Waals surface area contributed by atoms with Crippen LogP contribution in [-0.4, -0.2) is 56.8 Å². The number of aliphatic imine (C=N–C) groups is 1. The third-order valence-electron chi connectivity index (χ3n) is 5.45. The molecule has 0 saturated carbocycles. The summed E-state index contributed by atoms with van der Waals surface area (Å²) in [6.07, 6.45) is 2.40. The van der Waals surface area contributed by atoms with Crippen molar-refractivity contribution >= 4 is 28.6 Å². The summed E-state index contributed by atoms with van der Waals surface area (Å²) in [6.45, 7) is 0.0877. The van der Waals surface area contributed by atoms with Crippen LogP contribution in [0.15, 0.2) is 59.5 Å². The van der Waals surface area contributed by atoms with E-state index >= 15 is 4.39 Å². The lowest BCUT2D eigenvalue weighted by atomic mass is 9.86. The van der Waals surface area contributed by atoms with Crippen LogP contribution >= 0.6 is 0 Å². The highest BCUT2D eigenvalue weighted by molar-refractivity contribution is 6.06. The number of ether oxygens (including phenoxy) is 4. The molecule has 2 aromatic carbocycles. The van der Waals surface area contributed by atoms with Crippen LogP contribution in [0.25, 0.3) is 16.5 Å². The van der Waals surface area contributed by atoms with Crippen molar-refractivity contribution in [1.29, 1.82) is 0 Å². The van der Waals surface area contributed by atoms with Crippen molar-refractivity contribution in [1.82, 2.24) is 4.98 Å². The van der Waals surface area contributed by atoms with Crippen molar-refractivity contribution in [3.05, 3.63) is 60.1 Å². The Balaban J connectivity index is 1.78. The number of halogens is 2. The third kappa shape index (κ3) is 4.65.